The number of amides is 1. The molecule has 1 saturated heterocycles. The average Bonchev–Trinajstić information content (AvgIpc) is 2.78. The van der Waals surface area contributed by atoms with Crippen molar-refractivity contribution in [1.29, 1.82) is 0 Å². The lowest BCUT2D eigenvalue weighted by molar-refractivity contribution is -0.384. The van der Waals surface area contributed by atoms with Crippen LogP contribution in [0, 0.1) is 10.1 Å². The molecule has 2 aromatic rings. The minimum Gasteiger partial charge on any atom is -0.497 e. The molecule has 9 nitrogen and oxygen atoms in total. The van der Waals surface area contributed by atoms with E-state index in [1.165, 1.54) is 25.3 Å². The first-order chi connectivity index (χ1) is 14.4. The molecule has 2 aromatic carbocycles. The molecule has 9 heteroatoms. The molecular formula is C21H26N4O5. The zero-order valence-electron chi connectivity index (χ0n) is 17.3. The lowest BCUT2D eigenvalue weighted by Crippen LogP contribution is -2.52. The second kappa shape index (κ2) is 9.45. The number of hydrogen-bond donors (Lipinski definition) is 1. The Hall–Kier alpha value is -3.33. The number of carbonyl (C=O) groups is 1. The third-order valence-electron chi connectivity index (χ3n) is 5.31. The largest absolute Gasteiger partial charge is 0.497 e. The summed E-state index contributed by atoms with van der Waals surface area (Å²) in [6, 6.07) is 11.7. The number of hydrogen-bond acceptors (Lipinski definition) is 7. The van der Waals surface area contributed by atoms with Crippen LogP contribution in [0.15, 0.2) is 42.5 Å². The van der Waals surface area contributed by atoms with Crippen LogP contribution in [-0.2, 0) is 4.79 Å². The number of piperazine rings is 1. The van der Waals surface area contributed by atoms with Gasteiger partial charge < -0.3 is 19.7 Å². The maximum absolute atomic E-state index is 12.8. The molecule has 3 rings (SSSR count). The molecule has 0 unspecified atom stereocenters. The number of methoxy groups -OCH3 is 2. The molecule has 0 aliphatic carbocycles. The number of rotatable bonds is 7. The summed E-state index contributed by atoms with van der Waals surface area (Å²) in [5.74, 6) is 0.959. The predicted octanol–water partition coefficient (Wildman–Crippen LogP) is 2.76. The van der Waals surface area contributed by atoms with Gasteiger partial charge in [-0.2, -0.15) is 0 Å². The van der Waals surface area contributed by atoms with Gasteiger partial charge >= 0.3 is 0 Å². The summed E-state index contributed by atoms with van der Waals surface area (Å²) in [6.45, 7) is 4.84. The van der Waals surface area contributed by atoms with Crippen LogP contribution in [0.5, 0.6) is 11.5 Å². The number of benzene rings is 2. The van der Waals surface area contributed by atoms with Crippen LogP contribution in [0.4, 0.5) is 17.1 Å². The van der Waals surface area contributed by atoms with Crippen LogP contribution in [-0.4, -0.2) is 62.2 Å². The van der Waals surface area contributed by atoms with Crippen molar-refractivity contribution in [1.82, 2.24) is 4.90 Å². The quantitative estimate of drug-likeness (QED) is 0.550. The third kappa shape index (κ3) is 4.80. The number of nitro benzene ring substituents is 1. The highest BCUT2D eigenvalue weighted by Crippen LogP contribution is 2.29. The minimum absolute atomic E-state index is 0.106. The van der Waals surface area contributed by atoms with Crippen LogP contribution in [0.2, 0.25) is 0 Å². The van der Waals surface area contributed by atoms with E-state index in [2.05, 4.69) is 15.1 Å². The van der Waals surface area contributed by atoms with E-state index in [9.17, 15) is 14.9 Å². The van der Waals surface area contributed by atoms with Gasteiger partial charge in [0.05, 0.1) is 30.9 Å². The number of anilines is 2. The second-order valence-corrected chi connectivity index (χ2v) is 7.03. The van der Waals surface area contributed by atoms with E-state index in [0.717, 1.165) is 37.6 Å². The van der Waals surface area contributed by atoms with Gasteiger partial charge in [0, 0.05) is 50.1 Å². The third-order valence-corrected chi connectivity index (χ3v) is 5.31. The molecule has 0 spiro atoms. The van der Waals surface area contributed by atoms with Gasteiger partial charge in [0.15, 0.2) is 0 Å². The lowest BCUT2D eigenvalue weighted by atomic mass is 10.2. The number of ether oxygens (including phenoxy) is 2. The number of carbonyl (C=O) groups excluding carboxylic acids is 1. The maximum atomic E-state index is 12.8. The van der Waals surface area contributed by atoms with Gasteiger partial charge in [-0.25, -0.2) is 0 Å². The Morgan fingerprint density at radius 3 is 2.47 bits per heavy atom. The summed E-state index contributed by atoms with van der Waals surface area (Å²) in [7, 11) is 3.10. The standard InChI is InChI=1S/C21H26N4O5/c1-15(21(26)22-19-14-17(25(27)28)7-8-20(19)30-3)23-9-11-24(12-10-23)16-5-4-6-18(13-16)29-2/h4-8,13-15H,9-12H2,1-3H3,(H,22,26)/t15-/m0/s1. The summed E-state index contributed by atoms with van der Waals surface area (Å²) in [5, 5.41) is 13.8. The van der Waals surface area contributed by atoms with Gasteiger partial charge in [0.25, 0.3) is 5.69 Å². The van der Waals surface area contributed by atoms with E-state index in [1.807, 2.05) is 31.2 Å². The molecule has 1 aliphatic heterocycles. The molecule has 30 heavy (non-hydrogen) atoms. The highest BCUT2D eigenvalue weighted by molar-refractivity contribution is 5.96. The molecule has 0 radical (unpaired) electrons. The molecule has 1 fully saturated rings. The van der Waals surface area contributed by atoms with Gasteiger partial charge in [-0.1, -0.05) is 6.07 Å². The Bertz CT molecular complexity index is 912. The Morgan fingerprint density at radius 2 is 1.83 bits per heavy atom. The first kappa shape index (κ1) is 21.4. The highest BCUT2D eigenvalue weighted by atomic mass is 16.6. The van der Waals surface area contributed by atoms with Gasteiger partial charge in [0.2, 0.25) is 5.91 Å². The fraction of sp³-hybridized carbons (Fsp3) is 0.381. The maximum Gasteiger partial charge on any atom is 0.271 e. The van der Waals surface area contributed by atoms with Crippen molar-refractivity contribution in [3.63, 3.8) is 0 Å². The van der Waals surface area contributed by atoms with Crippen molar-refractivity contribution in [2.75, 3.05) is 50.6 Å². The minimum atomic E-state index is -0.504. The monoisotopic (exact) mass is 414 g/mol. The summed E-state index contributed by atoms with van der Waals surface area (Å²) in [5.41, 5.74) is 1.27. The fourth-order valence-electron chi connectivity index (χ4n) is 3.48. The Balaban J connectivity index is 1.62. The number of nitrogens with one attached hydrogen (secondary N) is 1. The highest BCUT2D eigenvalue weighted by Gasteiger charge is 2.27. The molecule has 0 aromatic heterocycles. The van der Waals surface area contributed by atoms with Crippen LogP contribution < -0.4 is 19.7 Å². The van der Waals surface area contributed by atoms with Gasteiger partial charge in [-0.05, 0) is 25.1 Å². The first-order valence-corrected chi connectivity index (χ1v) is 9.69. The van der Waals surface area contributed by atoms with Gasteiger partial charge in [0.1, 0.15) is 11.5 Å². The summed E-state index contributed by atoms with van der Waals surface area (Å²) in [4.78, 5) is 27.7. The smallest absolute Gasteiger partial charge is 0.271 e. The van der Waals surface area contributed by atoms with E-state index in [-0.39, 0.29) is 17.6 Å². The Labute approximate surface area is 175 Å². The van der Waals surface area contributed by atoms with Crippen molar-refractivity contribution < 1.29 is 19.2 Å². The zero-order valence-corrected chi connectivity index (χ0v) is 17.3. The SMILES string of the molecule is COc1cccc(N2CCN([C@@H](C)C(=O)Nc3cc([N+](=O)[O-])ccc3OC)CC2)c1. The molecule has 0 bridgehead atoms. The van der Waals surface area contributed by atoms with E-state index in [1.54, 1.807) is 7.11 Å². The molecular weight excluding hydrogens is 388 g/mol. The van der Waals surface area contributed by atoms with Crippen molar-refractivity contribution in [3.8, 4) is 11.5 Å². The van der Waals surface area contributed by atoms with Crippen molar-refractivity contribution >= 4 is 23.0 Å². The lowest BCUT2D eigenvalue weighted by Gasteiger charge is -2.38. The van der Waals surface area contributed by atoms with Crippen molar-refractivity contribution in [2.24, 2.45) is 0 Å². The van der Waals surface area contributed by atoms with Crippen LogP contribution >= 0.6 is 0 Å². The number of non-ortho nitro benzene ring substituents is 1. The molecule has 1 N–H and O–H groups in total. The Morgan fingerprint density at radius 1 is 1.10 bits per heavy atom. The molecule has 1 heterocycles. The molecule has 0 saturated carbocycles. The van der Waals surface area contributed by atoms with Crippen molar-refractivity contribution in [3.05, 3.63) is 52.6 Å². The average molecular weight is 414 g/mol. The topological polar surface area (TPSA) is 97.2 Å². The summed E-state index contributed by atoms with van der Waals surface area (Å²) in [6.07, 6.45) is 0. The summed E-state index contributed by atoms with van der Waals surface area (Å²) < 4.78 is 10.5. The van der Waals surface area contributed by atoms with E-state index < -0.39 is 4.92 Å². The molecule has 1 amide bonds. The predicted molar refractivity (Wildman–Crippen MR) is 115 cm³/mol. The van der Waals surface area contributed by atoms with Crippen LogP contribution in [0.1, 0.15) is 6.92 Å². The van der Waals surface area contributed by atoms with Gasteiger partial charge in [-0.3, -0.25) is 19.8 Å². The van der Waals surface area contributed by atoms with E-state index in [4.69, 9.17) is 9.47 Å². The zero-order chi connectivity index (χ0) is 21.7. The van der Waals surface area contributed by atoms with E-state index >= 15 is 0 Å². The molecule has 160 valence electrons. The number of nitro groups is 1. The molecule has 1 atom stereocenters. The van der Waals surface area contributed by atoms with E-state index in [0.29, 0.717) is 11.4 Å². The van der Waals surface area contributed by atoms with Crippen LogP contribution in [0.25, 0.3) is 0 Å². The van der Waals surface area contributed by atoms with Gasteiger partial charge in [-0.15, -0.1) is 0 Å². The van der Waals surface area contributed by atoms with Crippen molar-refractivity contribution in [2.45, 2.75) is 13.0 Å². The molecule has 1 aliphatic rings. The summed E-state index contributed by atoms with van der Waals surface area (Å²) >= 11 is 0. The van der Waals surface area contributed by atoms with Crippen LogP contribution in [0.3, 0.4) is 0 Å². The first-order valence-electron chi connectivity index (χ1n) is 9.69. The number of nitrogens with zero attached hydrogens (tertiary/aromatic N) is 3. The second-order valence-electron chi connectivity index (χ2n) is 7.03. The fourth-order valence-corrected chi connectivity index (χ4v) is 3.48. The normalized spacial score (nSPS) is 15.4. The Kier molecular flexibility index (Phi) is 6.73.